The number of hydrazine groups is 1. The van der Waals surface area contributed by atoms with Crippen molar-refractivity contribution in [2.45, 2.75) is 26.3 Å². The molecule has 1 saturated heterocycles. The van der Waals surface area contributed by atoms with Crippen LogP contribution in [-0.4, -0.2) is 47.1 Å². The van der Waals surface area contributed by atoms with Gasteiger partial charge in [-0.2, -0.15) is 4.98 Å². The zero-order chi connectivity index (χ0) is 13.0. The molecule has 1 unspecified atom stereocenters. The van der Waals surface area contributed by atoms with Gasteiger partial charge in [0, 0.05) is 25.3 Å². The molecule has 0 aliphatic carbocycles. The van der Waals surface area contributed by atoms with Crippen molar-refractivity contribution in [3.05, 3.63) is 12.3 Å². The number of rotatable bonds is 5. The molecule has 1 aliphatic heterocycles. The predicted molar refractivity (Wildman–Crippen MR) is 73.4 cm³/mol. The van der Waals surface area contributed by atoms with Gasteiger partial charge in [0.2, 0.25) is 5.95 Å². The third-order valence-electron chi connectivity index (χ3n) is 3.59. The lowest BCUT2D eigenvalue weighted by Crippen LogP contribution is -2.37. The van der Waals surface area contributed by atoms with E-state index in [-0.39, 0.29) is 0 Å². The van der Waals surface area contributed by atoms with E-state index in [2.05, 4.69) is 39.0 Å². The summed E-state index contributed by atoms with van der Waals surface area (Å²) >= 11 is 0. The third-order valence-corrected chi connectivity index (χ3v) is 3.59. The molecule has 0 saturated carbocycles. The zero-order valence-corrected chi connectivity index (χ0v) is 11.1. The van der Waals surface area contributed by atoms with Crippen LogP contribution in [-0.2, 0) is 0 Å². The van der Waals surface area contributed by atoms with Gasteiger partial charge in [0.05, 0.1) is 0 Å². The largest absolute Gasteiger partial charge is 0.355 e. The van der Waals surface area contributed by atoms with E-state index in [0.717, 1.165) is 32.0 Å². The fourth-order valence-corrected chi connectivity index (χ4v) is 2.58. The van der Waals surface area contributed by atoms with E-state index < -0.39 is 0 Å². The van der Waals surface area contributed by atoms with Crippen molar-refractivity contribution in [2.75, 3.05) is 36.5 Å². The highest BCUT2D eigenvalue weighted by Gasteiger charge is 2.26. The summed E-state index contributed by atoms with van der Waals surface area (Å²) in [5.74, 6) is 6.76. The second-order valence-corrected chi connectivity index (χ2v) is 4.49. The molecule has 1 atom stereocenters. The van der Waals surface area contributed by atoms with E-state index in [9.17, 15) is 0 Å². The average Bonchev–Trinajstić information content (AvgIpc) is 2.90. The first kappa shape index (κ1) is 13.0. The summed E-state index contributed by atoms with van der Waals surface area (Å²) < 4.78 is 0. The fraction of sp³-hybridized carbons (Fsp3) is 0.667. The molecule has 1 aromatic heterocycles. The summed E-state index contributed by atoms with van der Waals surface area (Å²) in [6.07, 6.45) is 2.93. The van der Waals surface area contributed by atoms with Gasteiger partial charge < -0.3 is 4.90 Å². The predicted octanol–water partition coefficient (Wildman–Crippen LogP) is 0.683. The van der Waals surface area contributed by atoms with Crippen molar-refractivity contribution >= 4 is 11.8 Å². The highest BCUT2D eigenvalue weighted by atomic mass is 15.3. The molecule has 0 amide bonds. The Morgan fingerprint density at radius 2 is 2.28 bits per heavy atom. The van der Waals surface area contributed by atoms with Crippen molar-refractivity contribution in [1.29, 1.82) is 0 Å². The van der Waals surface area contributed by atoms with E-state index in [1.807, 2.05) is 6.07 Å². The molecule has 100 valence electrons. The van der Waals surface area contributed by atoms with Crippen LogP contribution in [0.2, 0.25) is 0 Å². The molecule has 2 heterocycles. The second-order valence-electron chi connectivity index (χ2n) is 4.49. The summed E-state index contributed by atoms with van der Waals surface area (Å²) in [7, 11) is 0. The van der Waals surface area contributed by atoms with Crippen molar-refractivity contribution in [1.82, 2.24) is 14.9 Å². The Morgan fingerprint density at radius 1 is 1.50 bits per heavy atom. The van der Waals surface area contributed by atoms with Gasteiger partial charge in [-0.15, -0.1) is 0 Å². The Hall–Kier alpha value is -1.40. The molecule has 0 bridgehead atoms. The molecule has 0 spiro atoms. The van der Waals surface area contributed by atoms with Gasteiger partial charge in [-0.1, -0.05) is 13.8 Å². The van der Waals surface area contributed by atoms with Crippen LogP contribution in [0.1, 0.15) is 20.3 Å². The number of likely N-dealkylation sites (N-methyl/N-ethyl adjacent to an activating group) is 1. The summed E-state index contributed by atoms with van der Waals surface area (Å²) in [5, 5.41) is 0. The number of nitrogens with two attached hydrogens (primary N) is 1. The fourth-order valence-electron chi connectivity index (χ4n) is 2.58. The summed E-state index contributed by atoms with van der Waals surface area (Å²) in [6.45, 7) is 8.72. The molecule has 0 radical (unpaired) electrons. The smallest absolute Gasteiger partial charge is 0.239 e. The van der Waals surface area contributed by atoms with Crippen LogP contribution < -0.4 is 16.2 Å². The summed E-state index contributed by atoms with van der Waals surface area (Å²) in [6, 6.07) is 2.56. The van der Waals surface area contributed by atoms with Crippen molar-refractivity contribution in [2.24, 2.45) is 5.84 Å². The van der Waals surface area contributed by atoms with Crippen LogP contribution >= 0.6 is 0 Å². The lowest BCUT2D eigenvalue weighted by atomic mass is 10.2. The zero-order valence-electron chi connectivity index (χ0n) is 11.1. The Labute approximate surface area is 108 Å². The van der Waals surface area contributed by atoms with Gasteiger partial charge in [0.1, 0.15) is 5.82 Å². The topological polar surface area (TPSA) is 70.3 Å². The Balaban J connectivity index is 2.03. The quantitative estimate of drug-likeness (QED) is 0.591. The van der Waals surface area contributed by atoms with E-state index in [4.69, 9.17) is 5.84 Å². The summed E-state index contributed by atoms with van der Waals surface area (Å²) in [4.78, 5) is 13.2. The average molecular weight is 250 g/mol. The highest BCUT2D eigenvalue weighted by Crippen LogP contribution is 2.21. The second kappa shape index (κ2) is 5.97. The highest BCUT2D eigenvalue weighted by molar-refractivity contribution is 5.43. The molecule has 6 nitrogen and oxygen atoms in total. The van der Waals surface area contributed by atoms with Crippen LogP contribution in [0.3, 0.4) is 0 Å². The maximum absolute atomic E-state index is 5.33. The van der Waals surface area contributed by atoms with Crippen molar-refractivity contribution < 1.29 is 0 Å². The van der Waals surface area contributed by atoms with Crippen LogP contribution in [0.4, 0.5) is 11.8 Å². The van der Waals surface area contributed by atoms with E-state index in [1.54, 1.807) is 6.20 Å². The standard InChI is InChI=1S/C12H22N6/c1-3-17(4-2)10-6-8-18(9-10)11-5-7-14-12(15-11)16-13/h5,7,10H,3-4,6,8-9,13H2,1-2H3,(H,14,15,16). The molecule has 3 N–H and O–H groups in total. The first-order valence-electron chi connectivity index (χ1n) is 6.57. The first-order valence-corrected chi connectivity index (χ1v) is 6.57. The monoisotopic (exact) mass is 250 g/mol. The van der Waals surface area contributed by atoms with Gasteiger partial charge in [-0.05, 0) is 25.6 Å². The number of nitrogens with zero attached hydrogens (tertiary/aromatic N) is 4. The van der Waals surface area contributed by atoms with Gasteiger partial charge in [-0.25, -0.2) is 10.8 Å². The summed E-state index contributed by atoms with van der Waals surface area (Å²) in [5.41, 5.74) is 2.49. The maximum atomic E-state index is 5.33. The lowest BCUT2D eigenvalue weighted by Gasteiger charge is -2.26. The number of nitrogen functional groups attached to an aromatic ring is 1. The van der Waals surface area contributed by atoms with Gasteiger partial charge in [0.25, 0.3) is 0 Å². The number of aromatic nitrogens is 2. The molecular formula is C12H22N6. The number of hydrogen-bond donors (Lipinski definition) is 2. The molecule has 1 fully saturated rings. The minimum Gasteiger partial charge on any atom is -0.355 e. The molecule has 1 aromatic rings. The van der Waals surface area contributed by atoms with E-state index >= 15 is 0 Å². The number of anilines is 2. The van der Waals surface area contributed by atoms with Crippen LogP contribution in [0.25, 0.3) is 0 Å². The minimum absolute atomic E-state index is 0.471. The van der Waals surface area contributed by atoms with Crippen LogP contribution in [0.5, 0.6) is 0 Å². The third kappa shape index (κ3) is 2.70. The normalized spacial score (nSPS) is 19.6. The van der Waals surface area contributed by atoms with Gasteiger partial charge >= 0.3 is 0 Å². The van der Waals surface area contributed by atoms with Crippen LogP contribution in [0, 0.1) is 0 Å². The SMILES string of the molecule is CCN(CC)C1CCN(c2ccnc(NN)n2)C1. The Bertz CT molecular complexity index is 379. The van der Waals surface area contributed by atoms with Crippen molar-refractivity contribution in [3.8, 4) is 0 Å². The Morgan fingerprint density at radius 3 is 2.94 bits per heavy atom. The van der Waals surface area contributed by atoms with Crippen LogP contribution in [0.15, 0.2) is 12.3 Å². The van der Waals surface area contributed by atoms with Crippen molar-refractivity contribution in [3.63, 3.8) is 0 Å². The first-order chi connectivity index (χ1) is 8.78. The van der Waals surface area contributed by atoms with Gasteiger partial charge in [-0.3, -0.25) is 10.3 Å². The molecule has 6 heteroatoms. The van der Waals surface area contributed by atoms with Gasteiger partial charge in [0.15, 0.2) is 0 Å². The molecular weight excluding hydrogens is 228 g/mol. The minimum atomic E-state index is 0.471. The molecule has 18 heavy (non-hydrogen) atoms. The maximum Gasteiger partial charge on any atom is 0.239 e. The van der Waals surface area contributed by atoms with E-state index in [0.29, 0.717) is 12.0 Å². The lowest BCUT2D eigenvalue weighted by molar-refractivity contribution is 0.232. The molecule has 1 aliphatic rings. The molecule has 2 rings (SSSR count). The van der Waals surface area contributed by atoms with E-state index in [1.165, 1.54) is 6.42 Å². The number of nitrogens with one attached hydrogen (secondary N) is 1. The number of hydrogen-bond acceptors (Lipinski definition) is 6. The molecule has 0 aromatic carbocycles. The Kier molecular flexibility index (Phi) is 4.33.